The molecule has 9 rings (SSSR count). The summed E-state index contributed by atoms with van der Waals surface area (Å²) in [6, 6.07) is 17.9. The molecule has 0 aliphatic carbocycles. The Bertz CT molecular complexity index is 2790. The highest BCUT2D eigenvalue weighted by Gasteiger charge is 2.32. The van der Waals surface area contributed by atoms with Crippen LogP contribution in [0.4, 0.5) is 5.69 Å². The molecule has 1 unspecified atom stereocenters. The van der Waals surface area contributed by atoms with E-state index in [1.165, 1.54) is 4.57 Å². The number of anilines is 1. The molecule has 6 heterocycles. The average molecular weight is 894 g/mol. The zero-order valence-electron chi connectivity index (χ0n) is 38.8. The monoisotopic (exact) mass is 893 g/mol. The number of carbonyl (C=O) groups is 4. The van der Waals surface area contributed by atoms with Crippen molar-refractivity contribution in [3.8, 4) is 11.8 Å². The molecule has 0 saturated carbocycles. The number of hydrogen-bond donors (Lipinski definition) is 4. The number of aromatic nitrogens is 3. The first-order valence-corrected chi connectivity index (χ1v) is 23.9. The fourth-order valence-corrected chi connectivity index (χ4v) is 10.4. The minimum absolute atomic E-state index is 0.0804. The first kappa shape index (κ1) is 45.0. The van der Waals surface area contributed by atoms with Gasteiger partial charge in [0.1, 0.15) is 6.04 Å². The minimum Gasteiger partial charge on any atom is -0.380 e. The minimum atomic E-state index is -0.703. The van der Waals surface area contributed by atoms with Gasteiger partial charge in [-0.1, -0.05) is 30.0 Å². The largest absolute Gasteiger partial charge is 0.380 e. The van der Waals surface area contributed by atoms with Crippen molar-refractivity contribution in [1.29, 1.82) is 0 Å². The molecule has 346 valence electrons. The SMILES string of the molecule is Cc1ccc(NC2CNC2)cc1C(=O)N[C@H](C)c1ccc(C#CC2CCN(CCCCC(=O)N3CCC(c4ccc5c(c4)n(C)c(=O)n5C4CCC(=O)NC4=O)CC3)CC2)c2c1ccn2C. The van der Waals surface area contributed by atoms with Gasteiger partial charge in [0.25, 0.3) is 5.91 Å². The van der Waals surface area contributed by atoms with E-state index in [4.69, 9.17) is 0 Å². The number of fused-ring (bicyclic) bond motifs is 2. The summed E-state index contributed by atoms with van der Waals surface area (Å²) in [6.07, 6.45) is 8.81. The second-order valence-corrected chi connectivity index (χ2v) is 19.0. The number of piperidine rings is 3. The Hall–Kier alpha value is -6.17. The van der Waals surface area contributed by atoms with Crippen molar-refractivity contribution in [2.45, 2.75) is 95.7 Å². The van der Waals surface area contributed by atoms with Crippen LogP contribution in [-0.2, 0) is 28.5 Å². The van der Waals surface area contributed by atoms with Gasteiger partial charge in [-0.05, 0) is 137 Å². The number of amides is 4. The molecule has 0 bridgehead atoms. The molecule has 4 aliphatic rings. The van der Waals surface area contributed by atoms with Crippen molar-refractivity contribution >= 4 is 51.3 Å². The molecule has 4 aliphatic heterocycles. The van der Waals surface area contributed by atoms with Crippen molar-refractivity contribution in [3.05, 3.63) is 99.1 Å². The van der Waals surface area contributed by atoms with Crippen molar-refractivity contribution in [2.75, 3.05) is 51.1 Å². The Morgan fingerprint density at radius 2 is 1.67 bits per heavy atom. The first-order valence-electron chi connectivity index (χ1n) is 23.9. The van der Waals surface area contributed by atoms with Crippen LogP contribution in [0.15, 0.2) is 65.6 Å². The van der Waals surface area contributed by atoms with E-state index in [-0.39, 0.29) is 41.8 Å². The number of unbranched alkanes of at least 4 members (excludes halogenated alkanes) is 1. The van der Waals surface area contributed by atoms with Crippen molar-refractivity contribution in [2.24, 2.45) is 20.0 Å². The van der Waals surface area contributed by atoms with Crippen molar-refractivity contribution < 1.29 is 19.2 Å². The molecular weight excluding hydrogens is 831 g/mol. The van der Waals surface area contributed by atoms with Gasteiger partial charge >= 0.3 is 5.69 Å². The fraction of sp³-hybridized carbons (Fsp3) is 0.481. The Kier molecular flexibility index (Phi) is 13.2. The third-order valence-corrected chi connectivity index (χ3v) is 14.6. The summed E-state index contributed by atoms with van der Waals surface area (Å²) in [5.41, 5.74) is 8.09. The predicted molar refractivity (Wildman–Crippen MR) is 257 cm³/mol. The second-order valence-electron chi connectivity index (χ2n) is 19.0. The van der Waals surface area contributed by atoms with Crippen LogP contribution in [0.1, 0.15) is 115 Å². The Labute approximate surface area is 386 Å². The van der Waals surface area contributed by atoms with E-state index < -0.39 is 11.9 Å². The van der Waals surface area contributed by atoms with Crippen LogP contribution in [0.2, 0.25) is 0 Å². The van der Waals surface area contributed by atoms with Crippen LogP contribution in [0.5, 0.6) is 0 Å². The maximum atomic E-state index is 13.6. The number of hydrogen-bond acceptors (Lipinski definition) is 8. The van der Waals surface area contributed by atoms with Gasteiger partial charge in [0, 0.05) is 87.4 Å². The van der Waals surface area contributed by atoms with Gasteiger partial charge in [-0.25, -0.2) is 4.79 Å². The predicted octanol–water partition coefficient (Wildman–Crippen LogP) is 5.63. The molecule has 14 heteroatoms. The maximum absolute atomic E-state index is 13.6. The Balaban J connectivity index is 0.714. The lowest BCUT2D eigenvalue weighted by Gasteiger charge is -2.32. The molecular formula is C52H63N9O5. The summed E-state index contributed by atoms with van der Waals surface area (Å²) in [7, 11) is 3.78. The molecule has 4 N–H and O–H groups in total. The number of imidazole rings is 1. The highest BCUT2D eigenvalue weighted by atomic mass is 16.2. The third kappa shape index (κ3) is 9.42. The number of nitrogens with zero attached hydrogens (tertiary/aromatic N) is 5. The number of imide groups is 1. The van der Waals surface area contributed by atoms with Crippen molar-refractivity contribution in [3.63, 3.8) is 0 Å². The van der Waals surface area contributed by atoms with Gasteiger partial charge < -0.3 is 30.3 Å². The van der Waals surface area contributed by atoms with Crippen LogP contribution in [-0.4, -0.2) is 99.0 Å². The zero-order valence-corrected chi connectivity index (χ0v) is 38.8. The molecule has 14 nitrogen and oxygen atoms in total. The maximum Gasteiger partial charge on any atom is 0.329 e. The lowest BCUT2D eigenvalue weighted by molar-refractivity contribution is -0.136. The first-order chi connectivity index (χ1) is 31.9. The smallest absolute Gasteiger partial charge is 0.329 e. The number of likely N-dealkylation sites (tertiary alicyclic amines) is 2. The summed E-state index contributed by atoms with van der Waals surface area (Å²) in [4.78, 5) is 68.9. The van der Waals surface area contributed by atoms with E-state index in [1.54, 1.807) is 11.6 Å². The standard InChI is InChI=1S/C52H63N9O5/c1-33-8-13-39(55-40-31-53-32-40)30-43(33)50(64)54-34(2)41-14-11-37(49-42(41)22-24-57(49)3)10-9-35-18-25-59(26-19-35)23-6-5-7-48(63)60-27-20-36(21-28-60)38-12-15-44-46(29-38)58(4)52(66)61(44)45-16-17-47(62)56-51(45)65/h8,11-15,22,24,29-30,34-36,40,45,53,55H,5-7,16-21,23,25-28,31-32H2,1-4H3,(H,54,64)(H,56,62,65)/t34-,45?/m1/s1. The van der Waals surface area contributed by atoms with E-state index in [1.807, 2.05) is 49.1 Å². The van der Waals surface area contributed by atoms with Crippen LogP contribution in [0.3, 0.4) is 0 Å². The van der Waals surface area contributed by atoms with Gasteiger partial charge in [0.2, 0.25) is 17.7 Å². The topological polar surface area (TPSA) is 155 Å². The van der Waals surface area contributed by atoms with Crippen LogP contribution in [0, 0.1) is 24.7 Å². The molecule has 4 amide bonds. The lowest BCUT2D eigenvalue weighted by atomic mass is 9.89. The summed E-state index contributed by atoms with van der Waals surface area (Å²) < 4.78 is 5.23. The normalized spacial score (nSPS) is 19.3. The molecule has 3 aromatic carbocycles. The quantitative estimate of drug-likeness (QED) is 0.0715. The zero-order chi connectivity index (χ0) is 46.1. The van der Waals surface area contributed by atoms with Gasteiger partial charge in [-0.3, -0.25) is 33.6 Å². The molecule has 0 radical (unpaired) electrons. The molecule has 4 fully saturated rings. The third-order valence-electron chi connectivity index (χ3n) is 14.6. The number of aryl methyl sites for hydroxylation is 3. The van der Waals surface area contributed by atoms with E-state index in [0.29, 0.717) is 35.9 Å². The van der Waals surface area contributed by atoms with Crippen LogP contribution in [0.25, 0.3) is 21.9 Å². The molecule has 66 heavy (non-hydrogen) atoms. The summed E-state index contributed by atoms with van der Waals surface area (Å²) in [5.74, 6) is 7.17. The van der Waals surface area contributed by atoms with Crippen LogP contribution >= 0.6 is 0 Å². The molecule has 2 aromatic heterocycles. The molecule has 4 saturated heterocycles. The molecule has 5 aromatic rings. The molecule has 0 spiro atoms. The number of benzene rings is 3. The second kappa shape index (κ2) is 19.4. The summed E-state index contributed by atoms with van der Waals surface area (Å²) >= 11 is 0. The van der Waals surface area contributed by atoms with Gasteiger partial charge in [-0.2, -0.15) is 0 Å². The summed E-state index contributed by atoms with van der Waals surface area (Å²) in [5, 5.41) is 13.5. The van der Waals surface area contributed by atoms with E-state index >= 15 is 0 Å². The Morgan fingerprint density at radius 3 is 2.41 bits per heavy atom. The lowest BCUT2D eigenvalue weighted by Crippen LogP contribution is -2.51. The van der Waals surface area contributed by atoms with Crippen molar-refractivity contribution in [1.82, 2.24) is 39.5 Å². The molecule has 2 atom stereocenters. The highest BCUT2D eigenvalue weighted by molar-refractivity contribution is 6.00. The van der Waals surface area contributed by atoms with Crippen LogP contribution < -0.4 is 27.0 Å². The van der Waals surface area contributed by atoms with Gasteiger partial charge in [0.15, 0.2) is 0 Å². The number of rotatable bonds is 12. The van der Waals surface area contributed by atoms with Gasteiger partial charge in [0.05, 0.1) is 28.6 Å². The van der Waals surface area contributed by atoms with Gasteiger partial charge in [-0.15, -0.1) is 0 Å². The summed E-state index contributed by atoms with van der Waals surface area (Å²) in [6.45, 7) is 10.3. The van der Waals surface area contributed by atoms with E-state index in [0.717, 1.165) is 129 Å². The number of carbonyl (C=O) groups excluding carboxylic acids is 4. The van der Waals surface area contributed by atoms with E-state index in [9.17, 15) is 24.0 Å². The average Bonchev–Trinajstić information content (AvgIpc) is 3.81. The highest BCUT2D eigenvalue weighted by Crippen LogP contribution is 2.33. The number of nitrogens with one attached hydrogen (secondary N) is 4. The fourth-order valence-electron chi connectivity index (χ4n) is 10.4. The Morgan fingerprint density at radius 1 is 0.879 bits per heavy atom. The van der Waals surface area contributed by atoms with E-state index in [2.05, 4.69) is 80.1 Å².